The Bertz CT molecular complexity index is 548. The Morgan fingerprint density at radius 1 is 1.11 bits per heavy atom. The Hall–Kier alpha value is -1.67. The fourth-order valence-corrected chi connectivity index (χ4v) is 2.41. The van der Waals surface area contributed by atoms with E-state index in [0.717, 1.165) is 12.1 Å². The molecule has 0 aliphatic heterocycles. The van der Waals surface area contributed by atoms with Gasteiger partial charge in [-0.1, -0.05) is 35.9 Å². The maximum absolute atomic E-state index is 9.94. The molecule has 0 bridgehead atoms. The molecule has 0 radical (unpaired) electrons. The molecule has 2 aromatic carbocycles. The van der Waals surface area contributed by atoms with Crippen molar-refractivity contribution in [2.24, 2.45) is 0 Å². The molecule has 0 amide bonds. The number of anilines is 1. The molecule has 19 heavy (non-hydrogen) atoms. The lowest BCUT2D eigenvalue weighted by Crippen LogP contribution is -2.23. The highest BCUT2D eigenvalue weighted by molar-refractivity contribution is 6.31. The van der Waals surface area contributed by atoms with Gasteiger partial charge in [-0.2, -0.15) is 0 Å². The first-order valence-electron chi connectivity index (χ1n) is 6.40. The van der Waals surface area contributed by atoms with Crippen molar-refractivity contribution in [3.8, 4) is 5.75 Å². The predicted molar refractivity (Wildman–Crippen MR) is 81.0 cm³/mol. The number of hydrogen-bond acceptors (Lipinski definition) is 2. The molecule has 0 aromatic heterocycles. The number of hydrogen-bond donors (Lipinski definition) is 1. The van der Waals surface area contributed by atoms with Gasteiger partial charge in [-0.3, -0.25) is 0 Å². The van der Waals surface area contributed by atoms with E-state index in [1.165, 1.54) is 11.3 Å². The van der Waals surface area contributed by atoms with E-state index >= 15 is 0 Å². The van der Waals surface area contributed by atoms with Crippen LogP contribution in [-0.4, -0.2) is 11.7 Å². The minimum atomic E-state index is 0.250. The van der Waals surface area contributed by atoms with Gasteiger partial charge in [0.2, 0.25) is 0 Å². The number of aryl methyl sites for hydroxylation is 1. The third-order valence-electron chi connectivity index (χ3n) is 3.28. The average Bonchev–Trinajstić information content (AvgIpc) is 2.40. The third kappa shape index (κ3) is 3.02. The second kappa shape index (κ2) is 5.98. The Kier molecular flexibility index (Phi) is 4.33. The van der Waals surface area contributed by atoms with E-state index in [2.05, 4.69) is 30.9 Å². The lowest BCUT2D eigenvalue weighted by molar-refractivity contribution is 0.467. The molecule has 0 aliphatic rings. The van der Waals surface area contributed by atoms with E-state index in [9.17, 15) is 5.11 Å². The van der Waals surface area contributed by atoms with Crippen molar-refractivity contribution < 1.29 is 5.11 Å². The lowest BCUT2D eigenvalue weighted by atomic mass is 10.1. The van der Waals surface area contributed by atoms with Crippen LogP contribution in [0.15, 0.2) is 42.5 Å². The lowest BCUT2D eigenvalue weighted by Gasteiger charge is -2.25. The zero-order valence-electron chi connectivity index (χ0n) is 11.2. The van der Waals surface area contributed by atoms with E-state index in [1.54, 1.807) is 12.1 Å². The summed E-state index contributed by atoms with van der Waals surface area (Å²) in [6, 6.07) is 13.5. The first-order valence-corrected chi connectivity index (χ1v) is 6.78. The van der Waals surface area contributed by atoms with Gasteiger partial charge < -0.3 is 10.0 Å². The van der Waals surface area contributed by atoms with Crippen molar-refractivity contribution in [1.82, 2.24) is 0 Å². The molecular formula is C16H18ClNO. The summed E-state index contributed by atoms with van der Waals surface area (Å²) >= 11 is 6.17. The van der Waals surface area contributed by atoms with E-state index in [4.69, 9.17) is 11.6 Å². The van der Waals surface area contributed by atoms with Crippen LogP contribution in [0.5, 0.6) is 5.75 Å². The van der Waals surface area contributed by atoms with Crippen molar-refractivity contribution in [3.05, 3.63) is 58.6 Å². The second-order valence-electron chi connectivity index (χ2n) is 4.54. The predicted octanol–water partition coefficient (Wildman–Crippen LogP) is 4.38. The van der Waals surface area contributed by atoms with Crippen molar-refractivity contribution >= 4 is 17.3 Å². The Morgan fingerprint density at radius 2 is 1.84 bits per heavy atom. The van der Waals surface area contributed by atoms with E-state index < -0.39 is 0 Å². The number of rotatable bonds is 4. The molecule has 3 heteroatoms. The number of halogens is 1. The molecule has 0 fully saturated rings. The summed E-state index contributed by atoms with van der Waals surface area (Å²) in [5.41, 5.74) is 3.16. The Labute approximate surface area is 119 Å². The maximum Gasteiger partial charge on any atom is 0.122 e. The van der Waals surface area contributed by atoms with Gasteiger partial charge >= 0.3 is 0 Å². The zero-order valence-corrected chi connectivity index (χ0v) is 12.0. The van der Waals surface area contributed by atoms with Gasteiger partial charge in [-0.15, -0.1) is 0 Å². The van der Waals surface area contributed by atoms with Crippen LogP contribution in [0.3, 0.4) is 0 Å². The van der Waals surface area contributed by atoms with Crippen LogP contribution >= 0.6 is 11.6 Å². The number of benzene rings is 2. The minimum Gasteiger partial charge on any atom is -0.508 e. The van der Waals surface area contributed by atoms with Gasteiger partial charge in [-0.25, -0.2) is 0 Å². The first kappa shape index (κ1) is 13.8. The molecule has 0 saturated carbocycles. The van der Waals surface area contributed by atoms with Gasteiger partial charge in [0.15, 0.2) is 0 Å². The molecule has 0 spiro atoms. The summed E-state index contributed by atoms with van der Waals surface area (Å²) < 4.78 is 0. The summed E-state index contributed by atoms with van der Waals surface area (Å²) in [6.45, 7) is 5.65. The maximum atomic E-state index is 9.94. The molecular weight excluding hydrogens is 258 g/mol. The molecule has 0 aliphatic carbocycles. The van der Waals surface area contributed by atoms with Crippen molar-refractivity contribution in [2.75, 3.05) is 11.4 Å². The molecule has 2 aromatic rings. The minimum absolute atomic E-state index is 0.250. The van der Waals surface area contributed by atoms with Gasteiger partial charge in [-0.05, 0) is 37.6 Å². The number of phenols is 1. The van der Waals surface area contributed by atoms with Crippen molar-refractivity contribution in [1.29, 1.82) is 0 Å². The smallest absolute Gasteiger partial charge is 0.122 e. The summed E-state index contributed by atoms with van der Waals surface area (Å²) in [5.74, 6) is 0.250. The molecule has 0 saturated heterocycles. The molecule has 0 unspecified atom stereocenters. The largest absolute Gasteiger partial charge is 0.508 e. The molecule has 2 rings (SSSR count). The second-order valence-corrected chi connectivity index (χ2v) is 4.95. The highest BCUT2D eigenvalue weighted by Gasteiger charge is 2.12. The number of aromatic hydroxyl groups is 1. The SMILES string of the molecule is CCN(Cc1c(O)cccc1Cl)c1ccccc1C. The van der Waals surface area contributed by atoms with Crippen LogP contribution in [0, 0.1) is 6.92 Å². The highest BCUT2D eigenvalue weighted by atomic mass is 35.5. The van der Waals surface area contributed by atoms with Gasteiger partial charge in [0, 0.05) is 29.4 Å². The van der Waals surface area contributed by atoms with Crippen LogP contribution in [-0.2, 0) is 6.54 Å². The average molecular weight is 276 g/mol. The summed E-state index contributed by atoms with van der Waals surface area (Å²) in [6.07, 6.45) is 0. The number of phenolic OH excluding ortho intramolecular Hbond substituents is 1. The van der Waals surface area contributed by atoms with Crippen LogP contribution in [0.4, 0.5) is 5.69 Å². The van der Waals surface area contributed by atoms with Crippen LogP contribution in [0.25, 0.3) is 0 Å². The normalized spacial score (nSPS) is 10.5. The standard InChI is InChI=1S/C16H18ClNO/c1-3-18(15-9-5-4-7-12(15)2)11-13-14(17)8-6-10-16(13)19/h4-10,19H,3,11H2,1-2H3. The fraction of sp³-hybridized carbons (Fsp3) is 0.250. The van der Waals surface area contributed by atoms with Crippen molar-refractivity contribution in [2.45, 2.75) is 20.4 Å². The number of nitrogens with zero attached hydrogens (tertiary/aromatic N) is 1. The molecule has 0 atom stereocenters. The Balaban J connectivity index is 2.32. The summed E-state index contributed by atoms with van der Waals surface area (Å²) in [4.78, 5) is 2.20. The highest BCUT2D eigenvalue weighted by Crippen LogP contribution is 2.29. The Morgan fingerprint density at radius 3 is 2.47 bits per heavy atom. The third-order valence-corrected chi connectivity index (χ3v) is 3.64. The zero-order chi connectivity index (χ0) is 13.8. The summed E-state index contributed by atoms with van der Waals surface area (Å²) in [5, 5.41) is 10.5. The van der Waals surface area contributed by atoms with E-state index in [1.807, 2.05) is 18.2 Å². The molecule has 100 valence electrons. The van der Waals surface area contributed by atoms with E-state index in [-0.39, 0.29) is 5.75 Å². The van der Waals surface area contributed by atoms with Crippen molar-refractivity contribution in [3.63, 3.8) is 0 Å². The molecule has 0 heterocycles. The molecule has 1 N–H and O–H groups in total. The first-order chi connectivity index (χ1) is 9.13. The molecule has 2 nitrogen and oxygen atoms in total. The van der Waals surface area contributed by atoms with Gasteiger partial charge in [0.1, 0.15) is 5.75 Å². The van der Waals surface area contributed by atoms with Crippen LogP contribution in [0.2, 0.25) is 5.02 Å². The fourth-order valence-electron chi connectivity index (χ4n) is 2.18. The van der Waals surface area contributed by atoms with Gasteiger partial charge in [0.25, 0.3) is 0 Å². The summed E-state index contributed by atoms with van der Waals surface area (Å²) in [7, 11) is 0. The number of para-hydroxylation sites is 1. The van der Waals surface area contributed by atoms with E-state index in [0.29, 0.717) is 11.6 Å². The van der Waals surface area contributed by atoms with Crippen LogP contribution < -0.4 is 4.90 Å². The topological polar surface area (TPSA) is 23.5 Å². The van der Waals surface area contributed by atoms with Crippen LogP contribution in [0.1, 0.15) is 18.1 Å². The monoisotopic (exact) mass is 275 g/mol. The van der Waals surface area contributed by atoms with Gasteiger partial charge in [0.05, 0.1) is 0 Å². The quantitative estimate of drug-likeness (QED) is 0.895.